The molecule has 0 saturated heterocycles. The topological polar surface area (TPSA) is 83.8 Å². The second kappa shape index (κ2) is 5.91. The van der Waals surface area contributed by atoms with Crippen molar-refractivity contribution in [3.63, 3.8) is 0 Å². The van der Waals surface area contributed by atoms with E-state index >= 15 is 0 Å². The Morgan fingerprint density at radius 1 is 1.22 bits per heavy atom. The lowest BCUT2D eigenvalue weighted by Crippen LogP contribution is -2.29. The Bertz CT molecular complexity index is 780. The number of hydrogen-bond acceptors (Lipinski definition) is 3. The average Bonchev–Trinajstić information content (AvgIpc) is 2.53. The largest absolute Gasteiger partial charge is 0.497 e. The van der Waals surface area contributed by atoms with Gasteiger partial charge in [0, 0.05) is 5.92 Å². The fourth-order valence-electron chi connectivity index (χ4n) is 3.58. The molecular weight excluding hydrogens is 296 g/mol. The number of carboxylic acid groups (broad SMARTS) is 2. The molecule has 2 atom stereocenters. The maximum atomic E-state index is 11.5. The van der Waals surface area contributed by atoms with Crippen LogP contribution in [-0.4, -0.2) is 29.3 Å². The van der Waals surface area contributed by atoms with Crippen LogP contribution in [0.2, 0.25) is 0 Å². The first-order chi connectivity index (χ1) is 11.0. The molecule has 5 heteroatoms. The zero-order valence-electron chi connectivity index (χ0n) is 12.8. The first-order valence-corrected chi connectivity index (χ1v) is 7.55. The van der Waals surface area contributed by atoms with E-state index in [2.05, 4.69) is 0 Å². The van der Waals surface area contributed by atoms with Crippen LogP contribution >= 0.6 is 0 Å². The summed E-state index contributed by atoms with van der Waals surface area (Å²) >= 11 is 0. The van der Waals surface area contributed by atoms with Crippen molar-refractivity contribution in [2.75, 3.05) is 7.11 Å². The summed E-state index contributed by atoms with van der Waals surface area (Å²) in [6.45, 7) is 0. The van der Waals surface area contributed by atoms with E-state index in [1.807, 2.05) is 30.3 Å². The van der Waals surface area contributed by atoms with Crippen LogP contribution in [0, 0.1) is 5.92 Å². The molecule has 0 bridgehead atoms. The number of rotatable bonds is 4. The molecule has 0 heterocycles. The van der Waals surface area contributed by atoms with Gasteiger partial charge in [-0.25, -0.2) is 0 Å². The lowest BCUT2D eigenvalue weighted by molar-refractivity contribution is -0.144. The number of aryl methyl sites for hydroxylation is 1. The molecule has 0 saturated carbocycles. The lowest BCUT2D eigenvalue weighted by Gasteiger charge is -2.31. The molecule has 0 amide bonds. The Labute approximate surface area is 133 Å². The lowest BCUT2D eigenvalue weighted by atomic mass is 9.72. The number of carboxylic acids is 2. The van der Waals surface area contributed by atoms with Crippen molar-refractivity contribution in [2.24, 2.45) is 5.92 Å². The first kappa shape index (κ1) is 15.3. The van der Waals surface area contributed by atoms with Crippen molar-refractivity contribution in [1.82, 2.24) is 0 Å². The Kier molecular flexibility index (Phi) is 3.94. The standard InChI is InChI=1S/C18H18O5/c1-23-11-4-2-10-3-5-13-12(15(10)8-11)6-7-14(18(21)22)16(13)9-17(19)20/h2-5,8,14,16H,6-7,9H2,1H3,(H,19,20)(H,21,22)/t14-,16+/m1/s1. The van der Waals surface area contributed by atoms with Gasteiger partial charge in [0.05, 0.1) is 19.4 Å². The minimum Gasteiger partial charge on any atom is -0.497 e. The number of hydrogen-bond donors (Lipinski definition) is 2. The SMILES string of the molecule is COc1ccc2ccc3c(c2c1)CC[C@@H](C(=O)O)[C@H]3CC(=O)O. The number of carbonyl (C=O) groups is 2. The third-order valence-electron chi connectivity index (χ3n) is 4.68. The third kappa shape index (κ3) is 2.74. The smallest absolute Gasteiger partial charge is 0.307 e. The van der Waals surface area contributed by atoms with Crippen LogP contribution in [0.3, 0.4) is 0 Å². The third-order valence-corrected chi connectivity index (χ3v) is 4.68. The molecule has 0 unspecified atom stereocenters. The van der Waals surface area contributed by atoms with Crippen LogP contribution in [0.15, 0.2) is 30.3 Å². The van der Waals surface area contributed by atoms with Crippen LogP contribution in [0.5, 0.6) is 5.75 Å². The second-order valence-corrected chi connectivity index (χ2v) is 5.91. The molecule has 1 aliphatic rings. The molecule has 23 heavy (non-hydrogen) atoms. The molecule has 2 N–H and O–H groups in total. The number of methoxy groups -OCH3 is 1. The summed E-state index contributed by atoms with van der Waals surface area (Å²) in [5.41, 5.74) is 1.89. The number of ether oxygens (including phenoxy) is 1. The second-order valence-electron chi connectivity index (χ2n) is 5.91. The molecular formula is C18H18O5. The fourth-order valence-corrected chi connectivity index (χ4v) is 3.58. The van der Waals surface area contributed by atoms with Crippen LogP contribution in [0.25, 0.3) is 10.8 Å². The maximum absolute atomic E-state index is 11.5. The van der Waals surface area contributed by atoms with Gasteiger partial charge in [-0.3, -0.25) is 9.59 Å². The number of fused-ring (bicyclic) bond motifs is 3. The summed E-state index contributed by atoms with van der Waals surface area (Å²) in [6.07, 6.45) is 0.920. The molecule has 0 aliphatic heterocycles. The van der Waals surface area contributed by atoms with Crippen molar-refractivity contribution in [3.8, 4) is 5.75 Å². The van der Waals surface area contributed by atoms with Crippen molar-refractivity contribution in [3.05, 3.63) is 41.5 Å². The van der Waals surface area contributed by atoms with E-state index in [1.54, 1.807) is 7.11 Å². The minimum atomic E-state index is -0.972. The Balaban J connectivity index is 2.17. The van der Waals surface area contributed by atoms with E-state index in [-0.39, 0.29) is 6.42 Å². The summed E-state index contributed by atoms with van der Waals surface area (Å²) in [7, 11) is 1.60. The molecule has 1 aliphatic carbocycles. The Hall–Kier alpha value is -2.56. The highest BCUT2D eigenvalue weighted by atomic mass is 16.5. The highest BCUT2D eigenvalue weighted by Crippen LogP contribution is 2.42. The van der Waals surface area contributed by atoms with Crippen LogP contribution in [-0.2, 0) is 16.0 Å². The average molecular weight is 314 g/mol. The van der Waals surface area contributed by atoms with Gasteiger partial charge >= 0.3 is 11.9 Å². The van der Waals surface area contributed by atoms with E-state index in [4.69, 9.17) is 4.74 Å². The van der Waals surface area contributed by atoms with E-state index in [0.717, 1.165) is 27.6 Å². The molecule has 120 valence electrons. The van der Waals surface area contributed by atoms with Gasteiger partial charge in [0.2, 0.25) is 0 Å². The summed E-state index contributed by atoms with van der Waals surface area (Å²) in [5.74, 6) is -2.31. The summed E-state index contributed by atoms with van der Waals surface area (Å²) < 4.78 is 5.28. The van der Waals surface area contributed by atoms with Crippen LogP contribution in [0.4, 0.5) is 0 Å². The van der Waals surface area contributed by atoms with Gasteiger partial charge in [0.1, 0.15) is 5.75 Å². The van der Waals surface area contributed by atoms with E-state index in [0.29, 0.717) is 12.8 Å². The normalized spacial score (nSPS) is 20.0. The van der Waals surface area contributed by atoms with Crippen LogP contribution < -0.4 is 4.74 Å². The van der Waals surface area contributed by atoms with Crippen molar-refractivity contribution in [1.29, 1.82) is 0 Å². The summed E-state index contributed by atoms with van der Waals surface area (Å²) in [5, 5.41) is 20.7. The molecule has 2 aromatic rings. The fraction of sp³-hybridized carbons (Fsp3) is 0.333. The molecule has 0 spiro atoms. The highest BCUT2D eigenvalue weighted by Gasteiger charge is 2.36. The molecule has 0 radical (unpaired) electrons. The van der Waals surface area contributed by atoms with E-state index < -0.39 is 23.8 Å². The van der Waals surface area contributed by atoms with E-state index in [9.17, 15) is 19.8 Å². The molecule has 3 rings (SSSR count). The Morgan fingerprint density at radius 2 is 1.96 bits per heavy atom. The number of benzene rings is 2. The predicted molar refractivity (Wildman–Crippen MR) is 84.9 cm³/mol. The Morgan fingerprint density at radius 3 is 2.61 bits per heavy atom. The zero-order chi connectivity index (χ0) is 16.6. The molecule has 2 aromatic carbocycles. The summed E-state index contributed by atoms with van der Waals surface area (Å²) in [6, 6.07) is 9.59. The molecule has 0 aromatic heterocycles. The van der Waals surface area contributed by atoms with Crippen molar-refractivity contribution < 1.29 is 24.5 Å². The van der Waals surface area contributed by atoms with Gasteiger partial charge in [-0.15, -0.1) is 0 Å². The van der Waals surface area contributed by atoms with Gasteiger partial charge in [-0.2, -0.15) is 0 Å². The van der Waals surface area contributed by atoms with Gasteiger partial charge in [0.15, 0.2) is 0 Å². The molecule has 5 nitrogen and oxygen atoms in total. The molecule has 0 fully saturated rings. The van der Waals surface area contributed by atoms with E-state index in [1.165, 1.54) is 0 Å². The van der Waals surface area contributed by atoms with Gasteiger partial charge in [-0.1, -0.05) is 18.2 Å². The maximum Gasteiger partial charge on any atom is 0.307 e. The highest BCUT2D eigenvalue weighted by molar-refractivity contribution is 5.89. The summed E-state index contributed by atoms with van der Waals surface area (Å²) in [4.78, 5) is 22.7. The van der Waals surface area contributed by atoms with Gasteiger partial charge in [-0.05, 0) is 46.9 Å². The number of aliphatic carboxylic acids is 2. The quantitative estimate of drug-likeness (QED) is 0.906. The van der Waals surface area contributed by atoms with Crippen molar-refractivity contribution >= 4 is 22.7 Å². The first-order valence-electron chi connectivity index (χ1n) is 7.55. The van der Waals surface area contributed by atoms with Gasteiger partial charge < -0.3 is 14.9 Å². The predicted octanol–water partition coefficient (Wildman–Crippen LogP) is 3.05. The minimum absolute atomic E-state index is 0.167. The monoisotopic (exact) mass is 314 g/mol. The zero-order valence-corrected chi connectivity index (χ0v) is 12.8. The van der Waals surface area contributed by atoms with Crippen molar-refractivity contribution in [2.45, 2.75) is 25.2 Å². The van der Waals surface area contributed by atoms with Gasteiger partial charge in [0.25, 0.3) is 0 Å². The van der Waals surface area contributed by atoms with Crippen LogP contribution in [0.1, 0.15) is 29.9 Å².